The minimum Gasteiger partial charge on any atom is -0.488 e. The Morgan fingerprint density at radius 1 is 1.19 bits per heavy atom. The molecule has 0 aliphatic carbocycles. The third kappa shape index (κ3) is 7.65. The quantitative estimate of drug-likeness (QED) is 0.319. The summed E-state index contributed by atoms with van der Waals surface area (Å²) < 4.78 is 50.3. The highest BCUT2D eigenvalue weighted by atomic mass is 19.4. The van der Waals surface area contributed by atoms with Crippen molar-refractivity contribution in [3.05, 3.63) is 70.6 Å². The molecule has 2 aromatic carbocycles. The molecule has 43 heavy (non-hydrogen) atoms. The van der Waals surface area contributed by atoms with Gasteiger partial charge in [0.1, 0.15) is 23.2 Å². The highest BCUT2D eigenvalue weighted by molar-refractivity contribution is 6.03. The summed E-state index contributed by atoms with van der Waals surface area (Å²) in [5, 5.41) is 19.1. The third-order valence-electron chi connectivity index (χ3n) is 7.42. The number of amides is 3. The smallest absolute Gasteiger partial charge is 0.416 e. The summed E-state index contributed by atoms with van der Waals surface area (Å²) in [5.74, 6) is 0.261. The molecule has 3 atom stereocenters. The molecule has 10 nitrogen and oxygen atoms in total. The van der Waals surface area contributed by atoms with Gasteiger partial charge in [0, 0.05) is 31.2 Å². The van der Waals surface area contributed by atoms with Crippen molar-refractivity contribution in [3.8, 4) is 5.75 Å². The molecule has 3 amide bonds. The number of carbonyl (C=O) groups is 2. The van der Waals surface area contributed by atoms with Crippen LogP contribution in [-0.4, -0.2) is 70.9 Å². The minimum atomic E-state index is -4.40. The van der Waals surface area contributed by atoms with Gasteiger partial charge >= 0.3 is 12.2 Å². The second-order valence-electron chi connectivity index (χ2n) is 11.0. The molecule has 0 spiro atoms. The lowest BCUT2D eigenvalue weighted by molar-refractivity contribution is -0.137. The maximum absolute atomic E-state index is 13.7. The number of likely N-dealkylation sites (N-methyl/N-ethyl adjacent to an activating group) is 1. The second kappa shape index (κ2) is 13.0. The molecule has 0 unspecified atom stereocenters. The SMILES string of the molecule is Cc1noc(C)c1NC(=O)Nc1ccc2c(c1)C(=O)N([C@H](C)CO)C[C@@H](C)[C@@H](CN(C)Cc1ccc(C(F)(F)F)cc1)O2. The summed E-state index contributed by atoms with van der Waals surface area (Å²) in [6.07, 6.45) is -4.80. The first-order chi connectivity index (χ1) is 20.3. The normalized spacial score (nSPS) is 18.0. The van der Waals surface area contributed by atoms with Crippen molar-refractivity contribution < 1.29 is 37.1 Å². The zero-order chi connectivity index (χ0) is 31.5. The van der Waals surface area contributed by atoms with Crippen LogP contribution in [0, 0.1) is 19.8 Å². The Balaban J connectivity index is 1.54. The van der Waals surface area contributed by atoms with Gasteiger partial charge in [-0.15, -0.1) is 0 Å². The molecule has 0 fully saturated rings. The molecule has 0 bridgehead atoms. The Morgan fingerprint density at radius 2 is 1.88 bits per heavy atom. The number of alkyl halides is 3. The maximum atomic E-state index is 13.7. The molecule has 1 aromatic heterocycles. The number of urea groups is 1. The number of ether oxygens (including phenoxy) is 1. The van der Waals surface area contributed by atoms with Gasteiger partial charge in [-0.05, 0) is 63.7 Å². The number of aryl methyl sites for hydroxylation is 2. The van der Waals surface area contributed by atoms with Crippen LogP contribution in [0.15, 0.2) is 47.0 Å². The molecule has 1 aliphatic rings. The molecule has 3 aromatic rings. The maximum Gasteiger partial charge on any atom is 0.416 e. The van der Waals surface area contributed by atoms with Crippen molar-refractivity contribution in [1.29, 1.82) is 0 Å². The summed E-state index contributed by atoms with van der Waals surface area (Å²) >= 11 is 0. The predicted octanol–water partition coefficient (Wildman–Crippen LogP) is 5.31. The zero-order valence-corrected chi connectivity index (χ0v) is 24.7. The van der Waals surface area contributed by atoms with Crippen molar-refractivity contribution in [2.45, 2.75) is 52.6 Å². The number of fused-ring (bicyclic) bond motifs is 1. The summed E-state index contributed by atoms with van der Waals surface area (Å²) in [6, 6.07) is 8.77. The van der Waals surface area contributed by atoms with Crippen LogP contribution in [0.2, 0.25) is 0 Å². The molecule has 232 valence electrons. The highest BCUT2D eigenvalue weighted by Gasteiger charge is 2.34. The number of aromatic nitrogens is 1. The van der Waals surface area contributed by atoms with Crippen LogP contribution >= 0.6 is 0 Å². The number of benzene rings is 2. The Bertz CT molecular complexity index is 1420. The van der Waals surface area contributed by atoms with E-state index >= 15 is 0 Å². The van der Waals surface area contributed by atoms with E-state index in [1.807, 2.05) is 18.9 Å². The number of hydrogen-bond donors (Lipinski definition) is 3. The van der Waals surface area contributed by atoms with Crippen LogP contribution < -0.4 is 15.4 Å². The van der Waals surface area contributed by atoms with Crippen LogP contribution in [0.4, 0.5) is 29.3 Å². The molecule has 0 radical (unpaired) electrons. The molecule has 4 rings (SSSR count). The van der Waals surface area contributed by atoms with Gasteiger partial charge < -0.3 is 29.9 Å². The first-order valence-corrected chi connectivity index (χ1v) is 13.8. The second-order valence-corrected chi connectivity index (χ2v) is 11.0. The number of aliphatic hydroxyl groups is 1. The number of anilines is 2. The first-order valence-electron chi connectivity index (χ1n) is 13.8. The Kier molecular flexibility index (Phi) is 9.65. The van der Waals surface area contributed by atoms with Crippen molar-refractivity contribution in [3.63, 3.8) is 0 Å². The lowest BCUT2D eigenvalue weighted by atomic mass is 9.99. The minimum absolute atomic E-state index is 0.153. The summed E-state index contributed by atoms with van der Waals surface area (Å²) in [7, 11) is 1.84. The molecule has 0 saturated carbocycles. The van der Waals surface area contributed by atoms with Gasteiger partial charge in [-0.1, -0.05) is 24.2 Å². The summed E-state index contributed by atoms with van der Waals surface area (Å²) in [4.78, 5) is 29.9. The number of nitrogens with one attached hydrogen (secondary N) is 2. The van der Waals surface area contributed by atoms with Crippen LogP contribution in [0.3, 0.4) is 0 Å². The summed E-state index contributed by atoms with van der Waals surface area (Å²) in [6.45, 7) is 7.91. The van der Waals surface area contributed by atoms with Crippen LogP contribution in [0.5, 0.6) is 5.75 Å². The van der Waals surface area contributed by atoms with Crippen LogP contribution in [-0.2, 0) is 12.7 Å². The molecule has 2 heterocycles. The molecule has 13 heteroatoms. The Morgan fingerprint density at radius 3 is 2.49 bits per heavy atom. The topological polar surface area (TPSA) is 120 Å². The highest BCUT2D eigenvalue weighted by Crippen LogP contribution is 2.32. The molecular formula is C30H36F3N5O5. The van der Waals surface area contributed by atoms with Crippen molar-refractivity contribution >= 4 is 23.3 Å². The fourth-order valence-corrected chi connectivity index (χ4v) is 4.94. The number of rotatable bonds is 8. The Hall–Kier alpha value is -4.10. The van der Waals surface area contributed by atoms with E-state index < -0.39 is 29.9 Å². The summed E-state index contributed by atoms with van der Waals surface area (Å²) in [5.41, 5.74) is 1.55. The lowest BCUT2D eigenvalue weighted by Crippen LogP contribution is -2.49. The number of halogens is 3. The van der Waals surface area contributed by atoms with Gasteiger partial charge in [0.05, 0.1) is 23.8 Å². The predicted molar refractivity (Wildman–Crippen MR) is 154 cm³/mol. The van der Waals surface area contributed by atoms with Crippen molar-refractivity contribution in [1.82, 2.24) is 15.0 Å². The van der Waals surface area contributed by atoms with Crippen molar-refractivity contribution in [2.24, 2.45) is 5.92 Å². The zero-order valence-electron chi connectivity index (χ0n) is 24.7. The first kappa shape index (κ1) is 31.8. The largest absolute Gasteiger partial charge is 0.488 e. The van der Waals surface area contributed by atoms with E-state index in [-0.39, 0.29) is 24.0 Å². The van der Waals surface area contributed by atoms with E-state index in [0.717, 1.165) is 12.1 Å². The average molecular weight is 604 g/mol. The molecule has 0 saturated heterocycles. The van der Waals surface area contributed by atoms with Gasteiger partial charge in [0.15, 0.2) is 5.76 Å². The van der Waals surface area contributed by atoms with Crippen LogP contribution in [0.1, 0.15) is 46.8 Å². The molecule has 1 aliphatic heterocycles. The van der Waals surface area contributed by atoms with E-state index in [1.54, 1.807) is 37.8 Å². The van der Waals surface area contributed by atoms with Crippen molar-refractivity contribution in [2.75, 3.05) is 37.4 Å². The number of nitrogens with zero attached hydrogens (tertiary/aromatic N) is 3. The molecule has 3 N–H and O–H groups in total. The van der Waals surface area contributed by atoms with E-state index in [4.69, 9.17) is 9.26 Å². The van der Waals surface area contributed by atoms with E-state index in [9.17, 15) is 27.9 Å². The number of aliphatic hydroxyl groups excluding tert-OH is 1. The standard InChI is InChI=1S/C30H36F3N5O5/c1-17-13-38(18(2)16-39)28(40)24-12-23(34-29(41)35-27-19(3)36-43-20(27)4)10-11-25(24)42-26(17)15-37(5)14-21-6-8-22(9-7-21)30(31,32)33/h6-12,17-18,26,39H,13-16H2,1-5H3,(H2,34,35,41)/t17-,18-,26-/m1/s1. The van der Waals surface area contributed by atoms with Crippen LogP contribution in [0.25, 0.3) is 0 Å². The van der Waals surface area contributed by atoms with Gasteiger partial charge in [-0.25, -0.2) is 4.79 Å². The lowest BCUT2D eigenvalue weighted by Gasteiger charge is -2.38. The van der Waals surface area contributed by atoms with E-state index in [2.05, 4.69) is 15.8 Å². The fraction of sp³-hybridized carbons (Fsp3) is 0.433. The van der Waals surface area contributed by atoms with E-state index in [0.29, 0.717) is 53.8 Å². The van der Waals surface area contributed by atoms with Gasteiger partial charge in [-0.2, -0.15) is 13.2 Å². The third-order valence-corrected chi connectivity index (χ3v) is 7.42. The number of carbonyl (C=O) groups excluding carboxylic acids is 2. The fourth-order valence-electron chi connectivity index (χ4n) is 4.94. The Labute approximate surface area is 247 Å². The number of hydrogen-bond acceptors (Lipinski definition) is 7. The van der Waals surface area contributed by atoms with Gasteiger partial charge in [0.2, 0.25) is 0 Å². The average Bonchev–Trinajstić information content (AvgIpc) is 3.26. The molecular weight excluding hydrogens is 567 g/mol. The van der Waals surface area contributed by atoms with Gasteiger partial charge in [0.25, 0.3) is 5.91 Å². The van der Waals surface area contributed by atoms with Gasteiger partial charge in [-0.3, -0.25) is 9.69 Å². The monoisotopic (exact) mass is 603 g/mol. The van der Waals surface area contributed by atoms with E-state index in [1.165, 1.54) is 18.2 Å².